The minimum atomic E-state index is -0.741. The summed E-state index contributed by atoms with van der Waals surface area (Å²) in [7, 11) is 0. The lowest BCUT2D eigenvalue weighted by molar-refractivity contribution is -0.140. The van der Waals surface area contributed by atoms with Crippen LogP contribution in [0.25, 0.3) is 0 Å². The minimum Gasteiger partial charge on any atom is -0.481 e. The molecule has 0 aromatic heterocycles. The van der Waals surface area contributed by atoms with E-state index in [0.29, 0.717) is 6.42 Å². The quantitative estimate of drug-likeness (QED) is 0.712. The molecule has 0 radical (unpaired) electrons. The first-order chi connectivity index (χ1) is 8.54. The molecule has 0 aliphatic heterocycles. The Morgan fingerprint density at radius 2 is 1.26 bits per heavy atom. The van der Waals surface area contributed by atoms with E-state index in [9.17, 15) is 14.4 Å². The monoisotopic (exact) mass is 278 g/mol. The van der Waals surface area contributed by atoms with E-state index in [2.05, 4.69) is 0 Å². The molecule has 0 unspecified atom stereocenters. The molecule has 3 N–H and O–H groups in total. The lowest BCUT2D eigenvalue weighted by Crippen LogP contribution is -2.03. The van der Waals surface area contributed by atoms with Gasteiger partial charge in [0.25, 0.3) is 0 Å². The molecule has 0 bridgehead atoms. The van der Waals surface area contributed by atoms with Crippen molar-refractivity contribution in [2.45, 2.75) is 53.9 Å². The van der Waals surface area contributed by atoms with Crippen molar-refractivity contribution in [2.24, 2.45) is 11.8 Å². The van der Waals surface area contributed by atoms with E-state index in [0.717, 1.165) is 6.42 Å². The average molecular weight is 278 g/mol. The van der Waals surface area contributed by atoms with Crippen molar-refractivity contribution in [1.29, 1.82) is 0 Å². The Morgan fingerprint density at radius 1 is 0.895 bits per heavy atom. The first-order valence-electron chi connectivity index (χ1n) is 6.20. The predicted octanol–water partition coefficient (Wildman–Crippen LogP) is 2.72. The SMILES string of the molecule is CC(C)C(=O)O.CC(C)CC(=O)O.CCCC(=O)O. The van der Waals surface area contributed by atoms with Crippen LogP contribution in [0.5, 0.6) is 0 Å². The van der Waals surface area contributed by atoms with Gasteiger partial charge in [-0.15, -0.1) is 0 Å². The van der Waals surface area contributed by atoms with Gasteiger partial charge in [0.1, 0.15) is 0 Å². The summed E-state index contributed by atoms with van der Waals surface area (Å²) in [6.45, 7) is 8.89. The summed E-state index contributed by atoms with van der Waals surface area (Å²) in [5.41, 5.74) is 0. The molecule has 0 aromatic carbocycles. The Kier molecular flexibility index (Phi) is 17.2. The molecule has 0 spiro atoms. The van der Waals surface area contributed by atoms with Crippen LogP contribution in [0.1, 0.15) is 53.9 Å². The van der Waals surface area contributed by atoms with Crippen LogP contribution in [-0.2, 0) is 14.4 Å². The highest BCUT2D eigenvalue weighted by Crippen LogP contribution is 1.96. The molecule has 0 fully saturated rings. The Hall–Kier alpha value is -1.59. The summed E-state index contributed by atoms with van der Waals surface area (Å²) in [5.74, 6) is -2.12. The van der Waals surface area contributed by atoms with Crippen LogP contribution in [0.3, 0.4) is 0 Å². The fourth-order valence-electron chi connectivity index (χ4n) is 0.563. The van der Waals surface area contributed by atoms with Crippen LogP contribution < -0.4 is 0 Å². The molecule has 0 aromatic rings. The molecular formula is C13H26O6. The van der Waals surface area contributed by atoms with E-state index in [1.165, 1.54) is 0 Å². The molecule has 6 nitrogen and oxygen atoms in total. The van der Waals surface area contributed by atoms with Crippen LogP contribution in [0, 0.1) is 11.8 Å². The van der Waals surface area contributed by atoms with Gasteiger partial charge in [0.05, 0.1) is 5.92 Å². The molecule has 0 saturated heterocycles. The Bertz CT molecular complexity index is 258. The fraction of sp³-hybridized carbons (Fsp3) is 0.769. The van der Waals surface area contributed by atoms with Crippen molar-refractivity contribution in [1.82, 2.24) is 0 Å². The van der Waals surface area contributed by atoms with E-state index >= 15 is 0 Å². The number of carboxylic acid groups (broad SMARTS) is 3. The maximum Gasteiger partial charge on any atom is 0.305 e. The molecule has 0 rings (SSSR count). The van der Waals surface area contributed by atoms with Crippen LogP contribution in [0.2, 0.25) is 0 Å². The molecular weight excluding hydrogens is 252 g/mol. The van der Waals surface area contributed by atoms with Crippen LogP contribution >= 0.6 is 0 Å². The van der Waals surface area contributed by atoms with Crippen LogP contribution in [0.15, 0.2) is 0 Å². The molecule has 6 heteroatoms. The topological polar surface area (TPSA) is 112 Å². The van der Waals surface area contributed by atoms with E-state index in [4.69, 9.17) is 15.3 Å². The second kappa shape index (κ2) is 14.5. The van der Waals surface area contributed by atoms with Gasteiger partial charge in [-0.25, -0.2) is 0 Å². The summed E-state index contributed by atoms with van der Waals surface area (Å²) < 4.78 is 0. The van der Waals surface area contributed by atoms with E-state index in [1.807, 2.05) is 20.8 Å². The van der Waals surface area contributed by atoms with Gasteiger partial charge in [0.15, 0.2) is 0 Å². The highest BCUT2D eigenvalue weighted by atomic mass is 16.4. The first kappa shape index (κ1) is 22.6. The summed E-state index contributed by atoms with van der Waals surface area (Å²) in [5, 5.41) is 24.0. The normalized spacial score (nSPS) is 9.00. The minimum absolute atomic E-state index is 0.231. The third-order valence-electron chi connectivity index (χ3n) is 1.54. The van der Waals surface area contributed by atoms with Gasteiger partial charge in [-0.3, -0.25) is 14.4 Å². The zero-order valence-electron chi connectivity index (χ0n) is 12.3. The maximum atomic E-state index is 9.81. The smallest absolute Gasteiger partial charge is 0.305 e. The summed E-state index contributed by atoms with van der Waals surface area (Å²) in [6.07, 6.45) is 1.30. The summed E-state index contributed by atoms with van der Waals surface area (Å²) >= 11 is 0. The van der Waals surface area contributed by atoms with Crippen molar-refractivity contribution in [2.75, 3.05) is 0 Å². The highest BCUT2D eigenvalue weighted by molar-refractivity contribution is 5.68. The molecule has 0 aliphatic carbocycles. The highest BCUT2D eigenvalue weighted by Gasteiger charge is 1.99. The van der Waals surface area contributed by atoms with Gasteiger partial charge in [-0.05, 0) is 12.3 Å². The van der Waals surface area contributed by atoms with Gasteiger partial charge in [-0.1, -0.05) is 34.6 Å². The van der Waals surface area contributed by atoms with Crippen LogP contribution in [-0.4, -0.2) is 33.2 Å². The summed E-state index contributed by atoms with van der Waals surface area (Å²) in [4.78, 5) is 29.1. The second-order valence-electron chi connectivity index (χ2n) is 4.63. The van der Waals surface area contributed by atoms with E-state index in [-0.39, 0.29) is 18.3 Å². The van der Waals surface area contributed by atoms with Gasteiger partial charge >= 0.3 is 17.9 Å². The van der Waals surface area contributed by atoms with Crippen molar-refractivity contribution in [3.05, 3.63) is 0 Å². The zero-order chi connectivity index (χ0) is 16.0. The zero-order valence-corrected chi connectivity index (χ0v) is 12.3. The number of rotatable bonds is 5. The second-order valence-corrected chi connectivity index (χ2v) is 4.63. The number of hydrogen-bond donors (Lipinski definition) is 3. The van der Waals surface area contributed by atoms with E-state index < -0.39 is 17.9 Å². The molecule has 0 saturated carbocycles. The summed E-state index contributed by atoms with van der Waals surface area (Å²) in [6, 6.07) is 0. The third kappa shape index (κ3) is 38.5. The molecule has 0 aliphatic rings. The van der Waals surface area contributed by atoms with Gasteiger partial charge in [0.2, 0.25) is 0 Å². The molecule has 0 atom stereocenters. The standard InChI is InChI=1S/C5H10O2.2C4H8O2/c1-4(2)3-5(6)7;1-3(2)4(5)6;1-2-3-4(5)6/h4H,3H2,1-2H3,(H,6,7);3H,1-2H3,(H,5,6);2-3H2,1H3,(H,5,6). The largest absolute Gasteiger partial charge is 0.481 e. The number of carbonyl (C=O) groups is 3. The Balaban J connectivity index is -0.000000203. The first-order valence-corrected chi connectivity index (χ1v) is 6.20. The van der Waals surface area contributed by atoms with Crippen molar-refractivity contribution >= 4 is 17.9 Å². The number of hydrogen-bond acceptors (Lipinski definition) is 3. The van der Waals surface area contributed by atoms with Gasteiger partial charge in [-0.2, -0.15) is 0 Å². The van der Waals surface area contributed by atoms with Gasteiger partial charge < -0.3 is 15.3 Å². The molecule has 0 amide bonds. The van der Waals surface area contributed by atoms with Crippen molar-refractivity contribution < 1.29 is 29.7 Å². The molecule has 19 heavy (non-hydrogen) atoms. The van der Waals surface area contributed by atoms with E-state index in [1.54, 1.807) is 13.8 Å². The predicted molar refractivity (Wildman–Crippen MR) is 72.1 cm³/mol. The van der Waals surface area contributed by atoms with Crippen LogP contribution in [0.4, 0.5) is 0 Å². The van der Waals surface area contributed by atoms with Gasteiger partial charge in [0, 0.05) is 12.8 Å². The lowest BCUT2D eigenvalue weighted by Gasteiger charge is -1.94. The third-order valence-corrected chi connectivity index (χ3v) is 1.54. The Morgan fingerprint density at radius 3 is 1.26 bits per heavy atom. The maximum absolute atomic E-state index is 9.81. The Labute approximate surface area is 114 Å². The van der Waals surface area contributed by atoms with Crippen molar-refractivity contribution in [3.63, 3.8) is 0 Å². The lowest BCUT2D eigenvalue weighted by atomic mass is 10.1. The van der Waals surface area contributed by atoms with Crippen molar-refractivity contribution in [3.8, 4) is 0 Å². The number of aliphatic carboxylic acids is 3. The number of carboxylic acids is 3. The molecule has 0 heterocycles. The molecule has 114 valence electrons. The average Bonchev–Trinajstić information content (AvgIpc) is 2.16. The fourth-order valence-corrected chi connectivity index (χ4v) is 0.563.